The van der Waals surface area contributed by atoms with Crippen molar-refractivity contribution in [3.05, 3.63) is 71.3 Å². The number of hydrogen-bond acceptors (Lipinski definition) is 4. The van der Waals surface area contributed by atoms with E-state index in [0.717, 1.165) is 42.4 Å². The number of nitrogens with zero attached hydrogens (tertiary/aromatic N) is 2. The summed E-state index contributed by atoms with van der Waals surface area (Å²) in [6.45, 7) is 6.11. The van der Waals surface area contributed by atoms with Gasteiger partial charge < -0.3 is 14.5 Å². The molecule has 1 heterocycles. The molecule has 1 amide bonds. The number of thioether (sulfide) groups is 1. The van der Waals surface area contributed by atoms with E-state index >= 15 is 0 Å². The highest BCUT2D eigenvalue weighted by atomic mass is 79.9. The van der Waals surface area contributed by atoms with Crippen LogP contribution in [-0.4, -0.2) is 23.3 Å². The molecule has 0 saturated heterocycles. The summed E-state index contributed by atoms with van der Waals surface area (Å²) in [6.07, 6.45) is 21.3. The van der Waals surface area contributed by atoms with Crippen molar-refractivity contribution in [3.63, 3.8) is 0 Å². The van der Waals surface area contributed by atoms with Gasteiger partial charge in [0.25, 0.3) is 0 Å². The number of anilines is 1. The Balaban J connectivity index is 0.00000588. The number of hydrogen-bond donors (Lipinski definition) is 0. The van der Waals surface area contributed by atoms with E-state index in [-0.39, 0.29) is 22.9 Å². The fourth-order valence-electron chi connectivity index (χ4n) is 5.21. The average molecular weight is 646 g/mol. The normalized spacial score (nSPS) is 12.4. The van der Waals surface area contributed by atoms with Crippen LogP contribution in [0.2, 0.25) is 0 Å². The van der Waals surface area contributed by atoms with Gasteiger partial charge in [-0.25, -0.2) is 0 Å². The lowest BCUT2D eigenvalue weighted by Gasteiger charge is -2.23. The monoisotopic (exact) mass is 644 g/mol. The molecule has 1 aliphatic heterocycles. The van der Waals surface area contributed by atoms with Crippen LogP contribution in [0.25, 0.3) is 0 Å². The van der Waals surface area contributed by atoms with E-state index in [1.807, 2.05) is 29.2 Å². The molecule has 0 aromatic heterocycles. The van der Waals surface area contributed by atoms with Crippen molar-refractivity contribution in [3.8, 4) is 5.75 Å². The smallest absolute Gasteiger partial charge is 0.224 e. The molecular formula is C35H53BrN2O2S. The van der Waals surface area contributed by atoms with Gasteiger partial charge in [-0.1, -0.05) is 115 Å². The number of carbonyl (C=O) groups is 1. The van der Waals surface area contributed by atoms with Crippen molar-refractivity contribution in [1.82, 2.24) is 4.90 Å². The predicted molar refractivity (Wildman–Crippen MR) is 183 cm³/mol. The fourth-order valence-corrected chi connectivity index (χ4v) is 5.92. The Hall–Kier alpha value is -1.92. The summed E-state index contributed by atoms with van der Waals surface area (Å²) >= 11 is 1.80. The molecule has 0 aliphatic carbocycles. The molecule has 6 heteroatoms. The van der Waals surface area contributed by atoms with Gasteiger partial charge in [-0.05, 0) is 47.2 Å². The van der Waals surface area contributed by atoms with Gasteiger partial charge in [0.1, 0.15) is 5.75 Å². The topological polar surface area (TPSA) is 32.8 Å². The zero-order valence-electron chi connectivity index (χ0n) is 25.5. The first-order valence-corrected chi connectivity index (χ1v) is 16.8. The molecule has 0 atom stereocenters. The molecule has 2 aromatic carbocycles. The van der Waals surface area contributed by atoms with Crippen LogP contribution in [0, 0.1) is 0 Å². The minimum absolute atomic E-state index is 0. The van der Waals surface area contributed by atoms with Crippen LogP contribution in [0.4, 0.5) is 5.69 Å². The third-order valence-corrected chi connectivity index (χ3v) is 8.42. The molecule has 0 N–H and O–H groups in total. The molecule has 0 spiro atoms. The molecule has 0 bridgehead atoms. The lowest BCUT2D eigenvalue weighted by Crippen LogP contribution is -2.28. The van der Waals surface area contributed by atoms with E-state index < -0.39 is 0 Å². The SMILES string of the molecule is Br.CCCCCCCCCCCCCCCCOc1ccc(CN(C(C)=O)c2cccc(CN3C=CSC3)c2)cc1. The molecular weight excluding hydrogens is 592 g/mol. The van der Waals surface area contributed by atoms with Crippen molar-refractivity contribution in [2.24, 2.45) is 0 Å². The number of halogens is 1. The van der Waals surface area contributed by atoms with Crippen LogP contribution in [0.1, 0.15) is 115 Å². The van der Waals surface area contributed by atoms with Gasteiger partial charge in [-0.15, -0.1) is 28.7 Å². The first kappa shape index (κ1) is 35.3. The maximum absolute atomic E-state index is 12.5. The van der Waals surface area contributed by atoms with Gasteiger partial charge in [0, 0.05) is 25.4 Å². The third kappa shape index (κ3) is 14.7. The summed E-state index contributed by atoms with van der Waals surface area (Å²) in [4.78, 5) is 16.6. The average Bonchev–Trinajstić information content (AvgIpc) is 3.47. The molecule has 3 rings (SSSR count). The first-order chi connectivity index (χ1) is 19.7. The molecule has 41 heavy (non-hydrogen) atoms. The zero-order valence-corrected chi connectivity index (χ0v) is 28.1. The number of ether oxygens (including phenoxy) is 1. The second kappa shape index (κ2) is 21.7. The summed E-state index contributed by atoms with van der Waals surface area (Å²) < 4.78 is 5.99. The summed E-state index contributed by atoms with van der Waals surface area (Å²) in [5, 5.41) is 2.12. The van der Waals surface area contributed by atoms with Crippen LogP contribution in [0.15, 0.2) is 60.1 Å². The van der Waals surface area contributed by atoms with E-state index in [1.54, 1.807) is 18.7 Å². The lowest BCUT2D eigenvalue weighted by atomic mass is 10.0. The van der Waals surface area contributed by atoms with Crippen molar-refractivity contribution in [1.29, 1.82) is 0 Å². The molecule has 228 valence electrons. The van der Waals surface area contributed by atoms with Crippen LogP contribution in [0.3, 0.4) is 0 Å². The number of amides is 1. The Morgan fingerprint density at radius 3 is 2.00 bits per heavy atom. The summed E-state index contributed by atoms with van der Waals surface area (Å²) in [5.74, 6) is 1.94. The van der Waals surface area contributed by atoms with Crippen molar-refractivity contribution in [2.75, 3.05) is 17.4 Å². The van der Waals surface area contributed by atoms with Gasteiger partial charge in [0.05, 0.1) is 19.0 Å². The lowest BCUT2D eigenvalue weighted by molar-refractivity contribution is -0.116. The summed E-state index contributed by atoms with van der Waals surface area (Å²) in [7, 11) is 0. The fraction of sp³-hybridized carbons (Fsp3) is 0.571. The highest BCUT2D eigenvalue weighted by Gasteiger charge is 2.14. The second-order valence-corrected chi connectivity index (χ2v) is 12.1. The first-order valence-electron chi connectivity index (χ1n) is 15.8. The van der Waals surface area contributed by atoms with Gasteiger partial charge in [-0.3, -0.25) is 4.79 Å². The van der Waals surface area contributed by atoms with Gasteiger partial charge in [0.2, 0.25) is 5.91 Å². The number of benzene rings is 2. The largest absolute Gasteiger partial charge is 0.494 e. The summed E-state index contributed by atoms with van der Waals surface area (Å²) in [5.41, 5.74) is 3.26. The maximum atomic E-state index is 12.5. The number of rotatable bonds is 21. The molecule has 0 saturated carbocycles. The van der Waals surface area contributed by atoms with Gasteiger partial charge in [-0.2, -0.15) is 0 Å². The molecule has 0 radical (unpaired) electrons. The minimum Gasteiger partial charge on any atom is -0.494 e. The second-order valence-electron chi connectivity index (χ2n) is 11.2. The molecule has 0 fully saturated rings. The van der Waals surface area contributed by atoms with E-state index in [0.29, 0.717) is 6.54 Å². The molecule has 2 aromatic rings. The van der Waals surface area contributed by atoms with Crippen molar-refractivity contribution >= 4 is 40.3 Å². The standard InChI is InChI=1S/C35H52N2O2S.BrH/c1-3-4-5-6-7-8-9-10-11-12-13-14-15-16-25-39-35-22-20-32(21-23-35)29-37(31(2)38)34-19-17-18-33(27-34)28-36-24-26-40-30-36;/h17-24,26-27H,3-16,25,28-30H2,1-2H3;1H. The number of unbranched alkanes of at least 4 members (excludes halogenated alkanes) is 13. The highest BCUT2D eigenvalue weighted by molar-refractivity contribution is 8.93. The Morgan fingerprint density at radius 2 is 1.44 bits per heavy atom. The Morgan fingerprint density at radius 1 is 0.829 bits per heavy atom. The van der Waals surface area contributed by atoms with E-state index in [1.165, 1.54) is 89.0 Å². The highest BCUT2D eigenvalue weighted by Crippen LogP contribution is 2.24. The van der Waals surface area contributed by atoms with E-state index in [4.69, 9.17) is 4.74 Å². The Labute approximate surface area is 265 Å². The molecule has 0 unspecified atom stereocenters. The van der Waals surface area contributed by atoms with E-state index in [2.05, 4.69) is 47.7 Å². The summed E-state index contributed by atoms with van der Waals surface area (Å²) in [6, 6.07) is 16.5. The molecule has 1 aliphatic rings. The van der Waals surface area contributed by atoms with Crippen LogP contribution < -0.4 is 9.64 Å². The molecule has 4 nitrogen and oxygen atoms in total. The van der Waals surface area contributed by atoms with Crippen LogP contribution in [0.5, 0.6) is 5.75 Å². The van der Waals surface area contributed by atoms with Crippen LogP contribution >= 0.6 is 28.7 Å². The van der Waals surface area contributed by atoms with Gasteiger partial charge in [0.15, 0.2) is 0 Å². The van der Waals surface area contributed by atoms with Gasteiger partial charge >= 0.3 is 0 Å². The Kier molecular flexibility index (Phi) is 18.7. The predicted octanol–water partition coefficient (Wildman–Crippen LogP) is 10.7. The quantitative estimate of drug-likeness (QED) is 0.127. The van der Waals surface area contributed by atoms with E-state index in [9.17, 15) is 4.79 Å². The maximum Gasteiger partial charge on any atom is 0.224 e. The van der Waals surface area contributed by atoms with Crippen molar-refractivity contribution < 1.29 is 9.53 Å². The van der Waals surface area contributed by atoms with Crippen molar-refractivity contribution in [2.45, 2.75) is 117 Å². The number of carbonyl (C=O) groups excluding carboxylic acids is 1. The minimum atomic E-state index is 0. The van der Waals surface area contributed by atoms with Crippen LogP contribution in [-0.2, 0) is 17.9 Å². The Bertz CT molecular complexity index is 998. The third-order valence-electron chi connectivity index (χ3n) is 7.63. The zero-order chi connectivity index (χ0) is 28.3.